The molecule has 134 valence electrons. The van der Waals surface area contributed by atoms with Gasteiger partial charge in [-0.05, 0) is 75.8 Å². The second kappa shape index (κ2) is 9.28. The molecule has 0 radical (unpaired) electrons. The van der Waals surface area contributed by atoms with Gasteiger partial charge in [-0.1, -0.05) is 18.2 Å². The predicted molar refractivity (Wildman–Crippen MR) is 108 cm³/mol. The summed E-state index contributed by atoms with van der Waals surface area (Å²) in [7, 11) is 0. The van der Waals surface area contributed by atoms with Gasteiger partial charge in [0, 0.05) is 5.69 Å². The van der Waals surface area contributed by atoms with E-state index in [0.717, 1.165) is 22.7 Å². The minimum Gasteiger partial charge on any atom is -0.491 e. The molecule has 0 aliphatic heterocycles. The van der Waals surface area contributed by atoms with E-state index in [0.29, 0.717) is 11.7 Å². The Morgan fingerprint density at radius 3 is 2.36 bits per heavy atom. The van der Waals surface area contributed by atoms with Crippen molar-refractivity contribution in [2.45, 2.75) is 39.8 Å². The molecule has 1 unspecified atom stereocenters. The summed E-state index contributed by atoms with van der Waals surface area (Å²) in [5.74, 6) is 1.75. The summed E-state index contributed by atoms with van der Waals surface area (Å²) < 4.78 is 11.5. The van der Waals surface area contributed by atoms with Crippen LogP contribution < -0.4 is 20.1 Å². The topological polar surface area (TPSA) is 42.5 Å². The molecular formula is C20H26N2O2S. The van der Waals surface area contributed by atoms with Crippen molar-refractivity contribution in [1.29, 1.82) is 0 Å². The smallest absolute Gasteiger partial charge is 0.171 e. The Labute approximate surface area is 155 Å². The fraction of sp³-hybridized carbons (Fsp3) is 0.350. The summed E-state index contributed by atoms with van der Waals surface area (Å²) in [4.78, 5) is 0. The normalized spacial score (nSPS) is 11.7. The fourth-order valence-corrected chi connectivity index (χ4v) is 2.57. The van der Waals surface area contributed by atoms with E-state index >= 15 is 0 Å². The summed E-state index contributed by atoms with van der Waals surface area (Å²) in [6, 6.07) is 15.8. The molecule has 0 aliphatic rings. The first-order chi connectivity index (χ1) is 11.9. The quantitative estimate of drug-likeness (QED) is 0.712. The number of hydrogen-bond acceptors (Lipinski definition) is 3. The van der Waals surface area contributed by atoms with Crippen LogP contribution in [0, 0.1) is 6.92 Å². The number of aryl methyl sites for hydroxylation is 1. The summed E-state index contributed by atoms with van der Waals surface area (Å²) in [5.41, 5.74) is 2.04. The van der Waals surface area contributed by atoms with Gasteiger partial charge in [0.2, 0.25) is 0 Å². The van der Waals surface area contributed by atoms with Crippen LogP contribution in [0.25, 0.3) is 0 Å². The Balaban J connectivity index is 1.78. The van der Waals surface area contributed by atoms with E-state index in [2.05, 4.69) is 10.6 Å². The van der Waals surface area contributed by atoms with Gasteiger partial charge in [0.1, 0.15) is 18.1 Å². The van der Waals surface area contributed by atoms with Crippen molar-refractivity contribution in [2.75, 3.05) is 11.9 Å². The summed E-state index contributed by atoms with van der Waals surface area (Å²) in [6.07, 6.45) is 0.163. The van der Waals surface area contributed by atoms with Crippen molar-refractivity contribution in [2.24, 2.45) is 0 Å². The van der Waals surface area contributed by atoms with Gasteiger partial charge in [0.15, 0.2) is 5.11 Å². The molecule has 0 amide bonds. The first-order valence-corrected chi connectivity index (χ1v) is 8.87. The Kier molecular flexibility index (Phi) is 7.07. The molecule has 2 rings (SSSR count). The van der Waals surface area contributed by atoms with Crippen molar-refractivity contribution in [1.82, 2.24) is 5.32 Å². The Hall–Kier alpha value is -2.27. The minimum absolute atomic E-state index is 0.0863. The van der Waals surface area contributed by atoms with E-state index in [9.17, 15) is 0 Å². The van der Waals surface area contributed by atoms with Crippen LogP contribution in [0.5, 0.6) is 11.5 Å². The van der Waals surface area contributed by atoms with Crippen LogP contribution in [0.15, 0.2) is 48.5 Å². The molecule has 0 aliphatic carbocycles. The predicted octanol–water partition coefficient (Wildman–Crippen LogP) is 4.54. The third-order valence-electron chi connectivity index (χ3n) is 3.44. The molecule has 0 fully saturated rings. The second-order valence-corrected chi connectivity index (χ2v) is 6.68. The van der Waals surface area contributed by atoms with Crippen LogP contribution in [0.2, 0.25) is 0 Å². The Morgan fingerprint density at radius 1 is 1.04 bits per heavy atom. The van der Waals surface area contributed by atoms with E-state index in [1.165, 1.54) is 0 Å². The molecule has 0 saturated heterocycles. The lowest BCUT2D eigenvalue weighted by Gasteiger charge is -2.18. The lowest BCUT2D eigenvalue weighted by Crippen LogP contribution is -2.39. The molecule has 5 heteroatoms. The molecule has 4 nitrogen and oxygen atoms in total. The Bertz CT molecular complexity index is 686. The number of thiocarbonyl (C=S) groups is 1. The summed E-state index contributed by atoms with van der Waals surface area (Å²) >= 11 is 5.36. The molecule has 1 atom stereocenters. The van der Waals surface area contributed by atoms with Crippen molar-refractivity contribution >= 4 is 23.0 Å². The molecule has 0 heterocycles. The third-order valence-corrected chi connectivity index (χ3v) is 3.66. The van der Waals surface area contributed by atoms with Crippen LogP contribution in [-0.4, -0.2) is 23.9 Å². The van der Waals surface area contributed by atoms with Gasteiger partial charge in [-0.25, -0.2) is 0 Å². The van der Waals surface area contributed by atoms with Gasteiger partial charge in [0.25, 0.3) is 0 Å². The van der Waals surface area contributed by atoms with Crippen LogP contribution in [0.1, 0.15) is 26.3 Å². The summed E-state index contributed by atoms with van der Waals surface area (Å²) in [6.45, 7) is 8.61. The van der Waals surface area contributed by atoms with Crippen LogP contribution in [-0.2, 0) is 0 Å². The van der Waals surface area contributed by atoms with Crippen molar-refractivity contribution < 1.29 is 9.47 Å². The van der Waals surface area contributed by atoms with E-state index in [1.807, 2.05) is 76.2 Å². The van der Waals surface area contributed by atoms with Crippen molar-refractivity contribution in [3.05, 3.63) is 54.1 Å². The maximum atomic E-state index is 5.84. The van der Waals surface area contributed by atoms with Gasteiger partial charge >= 0.3 is 0 Å². The standard InChI is InChI=1S/C20H26N2O2S/c1-14(2)24-18-11-9-17(10-12-18)22-20(25)21-16(4)13-23-19-8-6-5-7-15(19)3/h5-12,14,16H,13H2,1-4H3,(H2,21,22,25). The SMILES string of the molecule is Cc1ccccc1OCC(C)NC(=S)Nc1ccc(OC(C)C)cc1. The van der Waals surface area contributed by atoms with E-state index in [4.69, 9.17) is 21.7 Å². The lowest BCUT2D eigenvalue weighted by molar-refractivity contribution is 0.242. The van der Waals surface area contributed by atoms with E-state index < -0.39 is 0 Å². The van der Waals surface area contributed by atoms with Crippen molar-refractivity contribution in [3.63, 3.8) is 0 Å². The lowest BCUT2D eigenvalue weighted by atomic mass is 10.2. The summed E-state index contributed by atoms with van der Waals surface area (Å²) in [5, 5.41) is 6.97. The zero-order chi connectivity index (χ0) is 18.2. The number of ether oxygens (including phenoxy) is 2. The molecule has 0 spiro atoms. The zero-order valence-corrected chi connectivity index (χ0v) is 16.0. The number of benzene rings is 2. The van der Waals surface area contributed by atoms with Gasteiger partial charge in [-0.2, -0.15) is 0 Å². The first-order valence-electron chi connectivity index (χ1n) is 8.46. The number of rotatable bonds is 7. The molecule has 0 bridgehead atoms. The highest BCUT2D eigenvalue weighted by atomic mass is 32.1. The molecule has 25 heavy (non-hydrogen) atoms. The van der Waals surface area contributed by atoms with Crippen LogP contribution >= 0.6 is 12.2 Å². The van der Waals surface area contributed by atoms with E-state index in [-0.39, 0.29) is 12.1 Å². The first kappa shape index (κ1) is 19.1. The monoisotopic (exact) mass is 358 g/mol. The Morgan fingerprint density at radius 2 is 1.72 bits per heavy atom. The number of anilines is 1. The van der Waals surface area contributed by atoms with E-state index in [1.54, 1.807) is 0 Å². The van der Waals surface area contributed by atoms with Gasteiger partial charge in [-0.3, -0.25) is 0 Å². The second-order valence-electron chi connectivity index (χ2n) is 6.27. The van der Waals surface area contributed by atoms with Gasteiger partial charge in [-0.15, -0.1) is 0 Å². The highest BCUT2D eigenvalue weighted by Crippen LogP contribution is 2.17. The number of hydrogen-bond donors (Lipinski definition) is 2. The van der Waals surface area contributed by atoms with Crippen LogP contribution in [0.3, 0.4) is 0 Å². The fourth-order valence-electron chi connectivity index (χ4n) is 2.25. The maximum Gasteiger partial charge on any atom is 0.171 e. The van der Waals surface area contributed by atoms with Crippen molar-refractivity contribution in [3.8, 4) is 11.5 Å². The molecule has 2 N–H and O–H groups in total. The van der Waals surface area contributed by atoms with Crippen LogP contribution in [0.4, 0.5) is 5.69 Å². The largest absolute Gasteiger partial charge is 0.491 e. The van der Waals surface area contributed by atoms with Gasteiger partial charge in [0.05, 0.1) is 12.1 Å². The number of para-hydroxylation sites is 1. The number of nitrogens with one attached hydrogen (secondary N) is 2. The molecule has 2 aromatic rings. The zero-order valence-electron chi connectivity index (χ0n) is 15.2. The molecule has 0 saturated carbocycles. The third kappa shape index (κ3) is 6.63. The average Bonchev–Trinajstić information content (AvgIpc) is 2.55. The molecule has 2 aromatic carbocycles. The van der Waals surface area contributed by atoms with Gasteiger partial charge < -0.3 is 20.1 Å². The minimum atomic E-state index is 0.0863. The highest BCUT2D eigenvalue weighted by molar-refractivity contribution is 7.80. The average molecular weight is 359 g/mol. The molecular weight excluding hydrogens is 332 g/mol. The molecule has 0 aromatic heterocycles. The highest BCUT2D eigenvalue weighted by Gasteiger charge is 2.07. The maximum absolute atomic E-state index is 5.84.